The maximum absolute atomic E-state index is 14.1. The molecule has 44 heavy (non-hydrogen) atoms. The van der Waals surface area contributed by atoms with Gasteiger partial charge in [0.25, 0.3) is 10.0 Å². The van der Waals surface area contributed by atoms with E-state index in [1.54, 1.807) is 13.0 Å². The molecule has 7 nitrogen and oxygen atoms in total. The van der Waals surface area contributed by atoms with E-state index in [-0.39, 0.29) is 29.6 Å². The van der Waals surface area contributed by atoms with Crippen LogP contribution in [-0.4, -0.2) is 43.8 Å². The van der Waals surface area contributed by atoms with Crippen LogP contribution in [0.15, 0.2) is 83.8 Å². The topological polar surface area (TPSA) is 86.8 Å². The minimum absolute atomic E-state index is 0.0619. The third-order valence-corrected chi connectivity index (χ3v) is 9.46. The van der Waals surface area contributed by atoms with Gasteiger partial charge >= 0.3 is 6.18 Å². The predicted octanol–water partition coefficient (Wildman–Crippen LogP) is 6.30. The third kappa shape index (κ3) is 8.16. The van der Waals surface area contributed by atoms with Crippen molar-refractivity contribution in [3.63, 3.8) is 0 Å². The van der Waals surface area contributed by atoms with Crippen molar-refractivity contribution < 1.29 is 35.6 Å². The highest BCUT2D eigenvalue weighted by molar-refractivity contribution is 7.92. The van der Waals surface area contributed by atoms with Gasteiger partial charge in [0.05, 0.1) is 16.1 Å². The summed E-state index contributed by atoms with van der Waals surface area (Å²) in [6, 6.07) is 15.0. The molecule has 2 amide bonds. The van der Waals surface area contributed by atoms with Gasteiger partial charge in [-0.15, -0.1) is 0 Å². The average molecular weight is 634 g/mol. The lowest BCUT2D eigenvalue weighted by Crippen LogP contribution is -2.54. The third-order valence-electron chi connectivity index (χ3n) is 7.68. The quantitative estimate of drug-likeness (QED) is 0.251. The van der Waals surface area contributed by atoms with Crippen molar-refractivity contribution in [3.8, 4) is 0 Å². The Kier molecular flexibility index (Phi) is 10.7. The SMILES string of the molecule is CC[C@H](C(=O)NC1CCCCC1)N(Cc1ccc(F)cc1)C(=O)CN(c1cccc(C(F)(F)F)c1)S(=O)(=O)c1ccccc1. The molecule has 0 unspecified atom stereocenters. The number of anilines is 1. The fraction of sp³-hybridized carbons (Fsp3) is 0.375. The lowest BCUT2D eigenvalue weighted by molar-refractivity contribution is -0.140. The lowest BCUT2D eigenvalue weighted by Gasteiger charge is -2.34. The molecule has 1 aliphatic rings. The summed E-state index contributed by atoms with van der Waals surface area (Å²) in [5.74, 6) is -1.72. The molecule has 0 aromatic heterocycles. The average Bonchev–Trinajstić information content (AvgIpc) is 3.01. The summed E-state index contributed by atoms with van der Waals surface area (Å²) < 4.78 is 82.9. The highest BCUT2D eigenvalue weighted by Crippen LogP contribution is 2.33. The summed E-state index contributed by atoms with van der Waals surface area (Å²) in [6.07, 6.45) is 0.00773. The first-order chi connectivity index (χ1) is 20.9. The monoisotopic (exact) mass is 633 g/mol. The fourth-order valence-electron chi connectivity index (χ4n) is 5.34. The van der Waals surface area contributed by atoms with Crippen LogP contribution in [0.1, 0.15) is 56.6 Å². The number of nitrogens with one attached hydrogen (secondary N) is 1. The van der Waals surface area contributed by atoms with Crippen molar-refractivity contribution in [1.82, 2.24) is 10.2 Å². The second-order valence-corrected chi connectivity index (χ2v) is 12.7. The molecule has 0 heterocycles. The number of halogens is 4. The Morgan fingerprint density at radius 3 is 2.20 bits per heavy atom. The number of nitrogens with zero attached hydrogens (tertiary/aromatic N) is 2. The molecule has 0 saturated heterocycles. The molecule has 0 aliphatic heterocycles. The van der Waals surface area contributed by atoms with Gasteiger partial charge < -0.3 is 10.2 Å². The number of sulfonamides is 1. The van der Waals surface area contributed by atoms with Crippen LogP contribution in [-0.2, 0) is 32.3 Å². The summed E-state index contributed by atoms with van der Waals surface area (Å²) in [5, 5.41) is 3.02. The number of hydrogen-bond acceptors (Lipinski definition) is 4. The number of rotatable bonds is 11. The van der Waals surface area contributed by atoms with Crippen LogP contribution < -0.4 is 9.62 Å². The molecule has 1 aliphatic carbocycles. The van der Waals surface area contributed by atoms with E-state index in [0.29, 0.717) is 15.9 Å². The largest absolute Gasteiger partial charge is 0.416 e. The second-order valence-electron chi connectivity index (χ2n) is 10.8. The maximum Gasteiger partial charge on any atom is 0.416 e. The fourth-order valence-corrected chi connectivity index (χ4v) is 6.76. The Bertz CT molecular complexity index is 1530. The number of hydrogen-bond donors (Lipinski definition) is 1. The Labute approximate surface area is 254 Å². The number of alkyl halides is 3. The molecule has 1 fully saturated rings. The van der Waals surface area contributed by atoms with Gasteiger partial charge in [-0.1, -0.05) is 62.6 Å². The van der Waals surface area contributed by atoms with Gasteiger partial charge in [0.15, 0.2) is 0 Å². The van der Waals surface area contributed by atoms with E-state index in [1.165, 1.54) is 59.5 Å². The molecule has 0 bridgehead atoms. The van der Waals surface area contributed by atoms with E-state index in [0.717, 1.165) is 44.2 Å². The van der Waals surface area contributed by atoms with Gasteiger partial charge in [0, 0.05) is 12.6 Å². The van der Waals surface area contributed by atoms with Gasteiger partial charge in [0.2, 0.25) is 11.8 Å². The van der Waals surface area contributed by atoms with Crippen LogP contribution in [0.3, 0.4) is 0 Å². The molecule has 0 spiro atoms. The van der Waals surface area contributed by atoms with Crippen LogP contribution in [0, 0.1) is 5.82 Å². The Morgan fingerprint density at radius 1 is 0.932 bits per heavy atom. The van der Waals surface area contributed by atoms with Gasteiger partial charge in [-0.05, 0) is 67.3 Å². The highest BCUT2D eigenvalue weighted by Gasteiger charge is 2.36. The van der Waals surface area contributed by atoms with Crippen molar-refractivity contribution >= 4 is 27.5 Å². The minimum Gasteiger partial charge on any atom is -0.352 e. The van der Waals surface area contributed by atoms with Gasteiger partial charge in [0.1, 0.15) is 18.4 Å². The summed E-state index contributed by atoms with van der Waals surface area (Å²) in [6.45, 7) is 0.672. The summed E-state index contributed by atoms with van der Waals surface area (Å²) >= 11 is 0. The molecule has 1 saturated carbocycles. The van der Waals surface area contributed by atoms with E-state index >= 15 is 0 Å². The molecule has 3 aromatic rings. The first-order valence-corrected chi connectivity index (χ1v) is 15.9. The first kappa shape index (κ1) is 33.0. The highest BCUT2D eigenvalue weighted by atomic mass is 32.2. The maximum atomic E-state index is 14.1. The first-order valence-electron chi connectivity index (χ1n) is 14.5. The van der Waals surface area contributed by atoms with Crippen molar-refractivity contribution in [3.05, 3.63) is 95.8 Å². The van der Waals surface area contributed by atoms with Crippen molar-refractivity contribution in [2.24, 2.45) is 0 Å². The molecule has 1 atom stereocenters. The van der Waals surface area contributed by atoms with Crippen LogP contribution in [0.4, 0.5) is 23.2 Å². The number of carbonyl (C=O) groups is 2. The Morgan fingerprint density at radius 2 is 1.59 bits per heavy atom. The lowest BCUT2D eigenvalue weighted by atomic mass is 9.95. The smallest absolute Gasteiger partial charge is 0.352 e. The molecule has 236 valence electrons. The number of benzene rings is 3. The van der Waals surface area contributed by atoms with Crippen molar-refractivity contribution in [1.29, 1.82) is 0 Å². The van der Waals surface area contributed by atoms with Crippen LogP contribution in [0.5, 0.6) is 0 Å². The second kappa shape index (κ2) is 14.2. The Balaban J connectivity index is 1.74. The van der Waals surface area contributed by atoms with Crippen LogP contribution in [0.2, 0.25) is 0 Å². The molecular formula is C32H35F4N3O4S. The predicted molar refractivity (Wildman–Crippen MR) is 158 cm³/mol. The zero-order valence-electron chi connectivity index (χ0n) is 24.3. The molecule has 4 rings (SSSR count). The summed E-state index contributed by atoms with van der Waals surface area (Å²) in [7, 11) is -4.53. The number of carbonyl (C=O) groups excluding carboxylic acids is 2. The van der Waals surface area contributed by atoms with E-state index in [4.69, 9.17) is 0 Å². The van der Waals surface area contributed by atoms with E-state index in [9.17, 15) is 35.6 Å². The van der Waals surface area contributed by atoms with Gasteiger partial charge in [-0.2, -0.15) is 13.2 Å². The van der Waals surface area contributed by atoms with E-state index in [1.807, 2.05) is 0 Å². The van der Waals surface area contributed by atoms with Crippen LogP contribution >= 0.6 is 0 Å². The zero-order valence-corrected chi connectivity index (χ0v) is 25.1. The Hall–Kier alpha value is -3.93. The van der Waals surface area contributed by atoms with Crippen LogP contribution in [0.25, 0.3) is 0 Å². The zero-order chi connectivity index (χ0) is 31.9. The molecule has 0 radical (unpaired) electrons. The molecule has 1 N–H and O–H groups in total. The van der Waals surface area contributed by atoms with E-state index in [2.05, 4.69) is 5.32 Å². The summed E-state index contributed by atoms with van der Waals surface area (Å²) in [4.78, 5) is 28.6. The minimum atomic E-state index is -4.76. The number of amides is 2. The standard InChI is InChI=1S/C32H35F4N3O4S/c1-2-29(31(41)37-26-11-5-3-6-12-26)38(21-23-16-18-25(33)19-17-23)30(40)22-39(44(42,43)28-14-7-4-8-15-28)27-13-9-10-24(20-27)32(34,35)36/h4,7-10,13-20,26,29H,2-3,5-6,11-12,21-22H2,1H3,(H,37,41)/t29-/m1/s1. The van der Waals surface area contributed by atoms with E-state index < -0.39 is 52.0 Å². The molecular weight excluding hydrogens is 598 g/mol. The molecule has 12 heteroatoms. The van der Waals surface area contributed by atoms with Gasteiger partial charge in [-0.3, -0.25) is 13.9 Å². The van der Waals surface area contributed by atoms with Gasteiger partial charge in [-0.25, -0.2) is 12.8 Å². The molecule has 3 aromatic carbocycles. The van der Waals surface area contributed by atoms with Crippen molar-refractivity contribution in [2.45, 2.75) is 75.1 Å². The normalized spacial score (nSPS) is 14.9. The van der Waals surface area contributed by atoms with Crippen molar-refractivity contribution in [2.75, 3.05) is 10.8 Å². The summed E-state index contributed by atoms with van der Waals surface area (Å²) in [5.41, 5.74) is -0.962.